The number of carbonyl (C=O) groups excluding carboxylic acids is 7. The molecule has 0 saturated carbocycles. The number of hydrogen-bond acceptors (Lipinski definition) is 11. The topological polar surface area (TPSA) is 289 Å². The van der Waals surface area contributed by atoms with Gasteiger partial charge in [-0.15, -0.1) is 11.3 Å². The third-order valence-electron chi connectivity index (χ3n) is 11.2. The molecule has 4 aromatic rings. The van der Waals surface area contributed by atoms with E-state index in [0.717, 1.165) is 22.5 Å². The Morgan fingerprint density at radius 3 is 1.73 bits per heavy atom. The van der Waals surface area contributed by atoms with Crippen LogP contribution >= 0.6 is 11.3 Å². The molecule has 2 aliphatic rings. The zero-order valence-corrected chi connectivity index (χ0v) is 40.1. The van der Waals surface area contributed by atoms with Crippen LogP contribution in [0.15, 0.2) is 78.3 Å². The minimum Gasteiger partial charge on any atom is -0.481 e. The number of fused-ring (bicyclic) bond motifs is 1. The number of H-pyrrole nitrogens is 1. The number of carboxylic acids is 2. The molecule has 6 atom stereocenters. The Balaban J connectivity index is 0.00000840. The van der Waals surface area contributed by atoms with Crippen molar-refractivity contribution < 1.29 is 53.4 Å². The molecule has 22 heteroatoms. The molecule has 20 nitrogen and oxygen atoms in total. The third-order valence-corrected chi connectivity index (χ3v) is 12.2. The first-order valence-corrected chi connectivity index (χ1v) is 22.4. The fraction of sp³-hybridized carbons (Fsp3) is 0.400. The molecule has 2 aromatic heterocycles. The molecule has 6 rings (SSSR count). The van der Waals surface area contributed by atoms with Gasteiger partial charge in [-0.2, -0.15) is 0 Å². The first-order valence-electron chi connectivity index (χ1n) is 21.5. The Morgan fingerprint density at radius 1 is 0.627 bits per heavy atom. The second-order valence-electron chi connectivity index (χ2n) is 16.6. The van der Waals surface area contributed by atoms with E-state index in [1.807, 2.05) is 30.3 Å². The summed E-state index contributed by atoms with van der Waals surface area (Å²) in [7, 11) is 0. The Labute approximate surface area is 411 Å². The van der Waals surface area contributed by atoms with Gasteiger partial charge in [0.15, 0.2) is 0 Å². The van der Waals surface area contributed by atoms with Crippen molar-refractivity contribution in [3.63, 3.8) is 0 Å². The fourth-order valence-electron chi connectivity index (χ4n) is 7.87. The number of amides is 7. The van der Waals surface area contributed by atoms with Crippen LogP contribution in [-0.4, -0.2) is 159 Å². The number of carboxylic acid groups (broad SMARTS) is 2. The molecule has 2 aliphatic heterocycles. The van der Waals surface area contributed by atoms with Gasteiger partial charge in [0, 0.05) is 89.8 Å². The van der Waals surface area contributed by atoms with E-state index in [2.05, 4.69) is 41.8 Å². The normalized spacial score (nSPS) is 22.5. The van der Waals surface area contributed by atoms with Crippen molar-refractivity contribution >= 4 is 111 Å². The minimum absolute atomic E-state index is 0. The van der Waals surface area contributed by atoms with E-state index in [4.69, 9.17) is 0 Å². The quantitative estimate of drug-likeness (QED) is 0.0875. The fourth-order valence-corrected chi connectivity index (χ4v) is 8.65. The van der Waals surface area contributed by atoms with Gasteiger partial charge in [0.05, 0.1) is 19.3 Å². The molecule has 0 spiro atoms. The summed E-state index contributed by atoms with van der Waals surface area (Å²) in [6.45, 7) is 4.90. The van der Waals surface area contributed by atoms with Gasteiger partial charge in [0.2, 0.25) is 41.4 Å². The van der Waals surface area contributed by atoms with Gasteiger partial charge in [0.25, 0.3) is 0 Å². The van der Waals surface area contributed by atoms with Gasteiger partial charge in [0.1, 0.15) is 36.3 Å². The number of carbonyl (C=O) groups is 9. The van der Waals surface area contributed by atoms with E-state index in [9.17, 15) is 53.4 Å². The number of benzene rings is 2. The molecule has 4 heterocycles. The largest absolute Gasteiger partial charge is 0.481 e. The third kappa shape index (κ3) is 14.1. The first kappa shape index (κ1) is 51.7. The first-order chi connectivity index (χ1) is 31.6. The molecule has 2 fully saturated rings. The number of nitrogens with one attached hydrogen (secondary N) is 7. The van der Waals surface area contributed by atoms with Crippen LogP contribution in [0.1, 0.15) is 56.0 Å². The smallest absolute Gasteiger partial charge is 0.305 e. The Morgan fingerprint density at radius 2 is 1.15 bits per heavy atom. The maximum Gasteiger partial charge on any atom is 0.305 e. The molecular formula is C45H53N9NaO11S. The van der Waals surface area contributed by atoms with Crippen LogP contribution in [0.4, 0.5) is 5.69 Å². The average molecular weight is 951 g/mol. The number of thiophene rings is 1. The molecule has 2 aromatic carbocycles. The molecule has 7 amide bonds. The van der Waals surface area contributed by atoms with Gasteiger partial charge in [-0.05, 0) is 47.5 Å². The number of nitrogens with zero attached hydrogens (tertiary/aromatic N) is 2. The van der Waals surface area contributed by atoms with Crippen LogP contribution in [0.2, 0.25) is 0 Å². The summed E-state index contributed by atoms with van der Waals surface area (Å²) >= 11 is 1.08. The molecule has 1 radical (unpaired) electrons. The number of rotatable bonds is 12. The van der Waals surface area contributed by atoms with Crippen molar-refractivity contribution in [3.8, 4) is 0 Å². The number of para-hydroxylation sites is 2. The SMILES string of the molecule is CC(C)C[C@@H]1NC(=O)[C@@H](c2cccs2)NC(=O)[C@H](CC(=O)O)NC(=O)[C@H](CC(=O)N2CCN(c3ccccc3)CC2)NC(=O)[C@@H](CC(=O)O)NC(=O)[C@@H](Cc2c[nH]c3ccccc23)NC1=O.[Na]. The van der Waals surface area contributed by atoms with E-state index in [-0.39, 0.29) is 61.4 Å². The van der Waals surface area contributed by atoms with Crippen molar-refractivity contribution in [1.82, 2.24) is 41.8 Å². The molecule has 9 N–H and O–H groups in total. The van der Waals surface area contributed by atoms with Gasteiger partial charge >= 0.3 is 11.9 Å². The van der Waals surface area contributed by atoms with Crippen LogP contribution < -0.4 is 36.8 Å². The van der Waals surface area contributed by atoms with Crippen molar-refractivity contribution in [3.05, 3.63) is 88.7 Å². The summed E-state index contributed by atoms with van der Waals surface area (Å²) in [5, 5.41) is 37.1. The standard InChI is InChI=1S/C45H53N9O11S.Na/c1-25(2)19-30-40(60)47-31(20-26-24-46-29-12-7-6-11-28(26)29)41(61)49-33(22-37(56)57)43(63)48-32(21-36(55)54-16-14-53(15-17-54)27-9-4-3-5-10-27)42(62)50-34(23-38(58)59)44(64)52-39(45(65)51-30)35-13-8-18-66-35;/h3-13,18,24-25,30-34,39,46H,14-17,19-23H2,1-2H3,(H,47,60)(H,48,63)(H,49,61)(H,50,62)(H,51,65)(H,52,64)(H,56,57)(H,58,59);/t30-,31+,32-,33+,34-,39+;/m0./s1. The van der Waals surface area contributed by atoms with Gasteiger partial charge in [-0.3, -0.25) is 43.2 Å². The molecule has 2 saturated heterocycles. The second kappa shape index (κ2) is 23.9. The van der Waals surface area contributed by atoms with Crippen molar-refractivity contribution in [1.29, 1.82) is 0 Å². The van der Waals surface area contributed by atoms with E-state index in [1.54, 1.807) is 55.8 Å². The van der Waals surface area contributed by atoms with Crippen molar-refractivity contribution in [2.75, 3.05) is 31.1 Å². The summed E-state index contributed by atoms with van der Waals surface area (Å²) in [4.78, 5) is 130. The van der Waals surface area contributed by atoms with Crippen molar-refractivity contribution in [2.45, 2.75) is 82.2 Å². The number of hydrogen-bond donors (Lipinski definition) is 9. The van der Waals surface area contributed by atoms with E-state index >= 15 is 0 Å². The van der Waals surface area contributed by atoms with Crippen LogP contribution in [0.25, 0.3) is 10.9 Å². The summed E-state index contributed by atoms with van der Waals surface area (Å²) in [6, 6.07) is 9.94. The Bertz CT molecular complexity index is 2430. The van der Waals surface area contributed by atoms with Gasteiger partial charge in [-0.1, -0.05) is 56.3 Å². The molecule has 67 heavy (non-hydrogen) atoms. The maximum atomic E-state index is 14.4. The predicted molar refractivity (Wildman–Crippen MR) is 246 cm³/mol. The monoisotopic (exact) mass is 950 g/mol. The predicted octanol–water partition coefficient (Wildman–Crippen LogP) is 0.421. The summed E-state index contributed by atoms with van der Waals surface area (Å²) in [6.07, 6.45) is -1.20. The van der Waals surface area contributed by atoms with Crippen molar-refractivity contribution in [2.24, 2.45) is 5.92 Å². The number of piperazine rings is 1. The number of aliphatic carboxylic acids is 2. The van der Waals surface area contributed by atoms with Crippen LogP contribution in [-0.2, 0) is 49.6 Å². The van der Waals surface area contributed by atoms with Gasteiger partial charge < -0.3 is 56.9 Å². The number of aromatic amines is 1. The average Bonchev–Trinajstić information content (AvgIpc) is 3.97. The number of anilines is 1. The van der Waals surface area contributed by atoms with E-state index in [1.165, 1.54) is 11.0 Å². The van der Waals surface area contributed by atoms with E-state index < -0.39 is 109 Å². The Hall–Kier alpha value is -6.29. The van der Waals surface area contributed by atoms with Crippen LogP contribution in [0.5, 0.6) is 0 Å². The summed E-state index contributed by atoms with van der Waals surface area (Å²) in [5.41, 5.74) is 2.23. The molecule has 0 unspecified atom stereocenters. The molecule has 0 bridgehead atoms. The molecule has 0 aliphatic carbocycles. The minimum atomic E-state index is -1.88. The van der Waals surface area contributed by atoms with E-state index in [0.29, 0.717) is 28.9 Å². The zero-order chi connectivity index (χ0) is 47.5. The van der Waals surface area contributed by atoms with Crippen LogP contribution in [0.3, 0.4) is 0 Å². The number of aromatic nitrogens is 1. The van der Waals surface area contributed by atoms with Crippen LogP contribution in [0, 0.1) is 5.92 Å². The van der Waals surface area contributed by atoms with Gasteiger partial charge in [-0.25, -0.2) is 0 Å². The maximum absolute atomic E-state index is 14.4. The summed E-state index contributed by atoms with van der Waals surface area (Å²) in [5.74, 6) is -10.0. The zero-order valence-electron chi connectivity index (χ0n) is 37.3. The molecule has 351 valence electrons. The Kier molecular flexibility index (Phi) is 18.5. The molecular weight excluding hydrogens is 898 g/mol. The second-order valence-corrected chi connectivity index (χ2v) is 17.5. The summed E-state index contributed by atoms with van der Waals surface area (Å²) < 4.78 is 0.